The number of rotatable bonds is 6. The van der Waals surface area contributed by atoms with Gasteiger partial charge in [0.15, 0.2) is 0 Å². The SMILES string of the molecule is CC(C)c1ccc(/C=C/C(=O)Nc2cccc(CN3CCCC3=O)c2)cc1. The van der Waals surface area contributed by atoms with Crippen molar-refractivity contribution in [1.29, 1.82) is 0 Å². The summed E-state index contributed by atoms with van der Waals surface area (Å²) >= 11 is 0. The smallest absolute Gasteiger partial charge is 0.248 e. The number of likely N-dealkylation sites (tertiary alicyclic amines) is 1. The molecule has 1 saturated heterocycles. The van der Waals surface area contributed by atoms with E-state index in [2.05, 4.69) is 31.3 Å². The fraction of sp³-hybridized carbons (Fsp3) is 0.304. The summed E-state index contributed by atoms with van der Waals surface area (Å²) < 4.78 is 0. The third-order valence-electron chi connectivity index (χ3n) is 4.77. The fourth-order valence-corrected chi connectivity index (χ4v) is 3.19. The van der Waals surface area contributed by atoms with Crippen LogP contribution in [0.25, 0.3) is 6.08 Å². The first-order valence-electron chi connectivity index (χ1n) is 9.47. The van der Waals surface area contributed by atoms with Crippen LogP contribution in [0.5, 0.6) is 0 Å². The lowest BCUT2D eigenvalue weighted by molar-refractivity contribution is -0.128. The molecule has 0 unspecified atom stereocenters. The number of carbonyl (C=O) groups excluding carboxylic acids is 2. The Bertz CT molecular complexity index is 838. The molecular weight excluding hydrogens is 336 g/mol. The van der Waals surface area contributed by atoms with E-state index in [1.807, 2.05) is 47.4 Å². The maximum atomic E-state index is 12.2. The molecule has 0 bridgehead atoms. The first-order chi connectivity index (χ1) is 13.0. The molecule has 2 aromatic carbocycles. The zero-order valence-electron chi connectivity index (χ0n) is 15.9. The molecule has 140 valence electrons. The lowest BCUT2D eigenvalue weighted by Gasteiger charge is -2.16. The molecule has 1 aliphatic rings. The van der Waals surface area contributed by atoms with Crippen LogP contribution in [0.2, 0.25) is 0 Å². The zero-order valence-corrected chi connectivity index (χ0v) is 15.9. The number of nitrogens with zero attached hydrogens (tertiary/aromatic N) is 1. The van der Waals surface area contributed by atoms with Crippen LogP contribution in [-0.4, -0.2) is 23.3 Å². The minimum Gasteiger partial charge on any atom is -0.338 e. The predicted molar refractivity (Wildman–Crippen MR) is 109 cm³/mol. The maximum absolute atomic E-state index is 12.2. The molecule has 3 rings (SSSR count). The summed E-state index contributed by atoms with van der Waals surface area (Å²) in [7, 11) is 0. The van der Waals surface area contributed by atoms with E-state index in [1.165, 1.54) is 5.56 Å². The molecule has 1 fully saturated rings. The van der Waals surface area contributed by atoms with Crippen LogP contribution >= 0.6 is 0 Å². The summed E-state index contributed by atoms with van der Waals surface area (Å²) in [5, 5.41) is 2.89. The number of anilines is 1. The molecule has 4 nitrogen and oxygen atoms in total. The molecule has 1 N–H and O–H groups in total. The summed E-state index contributed by atoms with van der Waals surface area (Å²) in [5.41, 5.74) is 4.04. The van der Waals surface area contributed by atoms with Crippen LogP contribution in [0, 0.1) is 0 Å². The van der Waals surface area contributed by atoms with Crippen LogP contribution in [0.15, 0.2) is 54.6 Å². The molecule has 2 aromatic rings. The van der Waals surface area contributed by atoms with E-state index < -0.39 is 0 Å². The van der Waals surface area contributed by atoms with E-state index in [0.717, 1.165) is 29.8 Å². The summed E-state index contributed by atoms with van der Waals surface area (Å²) in [4.78, 5) is 25.8. The van der Waals surface area contributed by atoms with Crippen LogP contribution in [0.1, 0.15) is 49.3 Å². The summed E-state index contributed by atoms with van der Waals surface area (Å²) in [5.74, 6) is 0.530. The Balaban J connectivity index is 1.58. The van der Waals surface area contributed by atoms with Crippen molar-refractivity contribution in [3.8, 4) is 0 Å². The van der Waals surface area contributed by atoms with Crippen LogP contribution < -0.4 is 5.32 Å². The topological polar surface area (TPSA) is 49.4 Å². The van der Waals surface area contributed by atoms with Crippen molar-refractivity contribution in [3.63, 3.8) is 0 Å². The maximum Gasteiger partial charge on any atom is 0.248 e. The van der Waals surface area contributed by atoms with E-state index in [4.69, 9.17) is 0 Å². The van der Waals surface area contributed by atoms with Gasteiger partial charge in [-0.2, -0.15) is 0 Å². The van der Waals surface area contributed by atoms with Crippen molar-refractivity contribution in [2.75, 3.05) is 11.9 Å². The van der Waals surface area contributed by atoms with Gasteiger partial charge in [-0.1, -0.05) is 50.2 Å². The molecule has 27 heavy (non-hydrogen) atoms. The van der Waals surface area contributed by atoms with Gasteiger partial charge in [0, 0.05) is 31.3 Å². The highest BCUT2D eigenvalue weighted by Crippen LogP contribution is 2.18. The van der Waals surface area contributed by atoms with E-state index in [0.29, 0.717) is 18.9 Å². The molecule has 4 heteroatoms. The van der Waals surface area contributed by atoms with Gasteiger partial charge in [-0.3, -0.25) is 9.59 Å². The van der Waals surface area contributed by atoms with Gasteiger partial charge in [0.2, 0.25) is 11.8 Å². The average molecular weight is 362 g/mol. The molecule has 0 saturated carbocycles. The van der Waals surface area contributed by atoms with Crippen LogP contribution in [-0.2, 0) is 16.1 Å². The monoisotopic (exact) mass is 362 g/mol. The number of amides is 2. The van der Waals surface area contributed by atoms with Gasteiger partial charge in [0.25, 0.3) is 0 Å². The van der Waals surface area contributed by atoms with Crippen molar-refractivity contribution in [3.05, 3.63) is 71.3 Å². The fourth-order valence-electron chi connectivity index (χ4n) is 3.19. The first kappa shape index (κ1) is 18.9. The highest BCUT2D eigenvalue weighted by molar-refractivity contribution is 6.01. The summed E-state index contributed by atoms with van der Waals surface area (Å²) in [6, 6.07) is 15.9. The minimum atomic E-state index is -0.169. The van der Waals surface area contributed by atoms with Crippen molar-refractivity contribution in [2.24, 2.45) is 0 Å². The largest absolute Gasteiger partial charge is 0.338 e. The summed E-state index contributed by atoms with van der Waals surface area (Å²) in [6.07, 6.45) is 4.92. The highest BCUT2D eigenvalue weighted by atomic mass is 16.2. The number of benzene rings is 2. The third-order valence-corrected chi connectivity index (χ3v) is 4.77. The second-order valence-electron chi connectivity index (χ2n) is 7.26. The zero-order chi connectivity index (χ0) is 19.2. The molecule has 1 heterocycles. The molecule has 0 aliphatic carbocycles. The van der Waals surface area contributed by atoms with Crippen molar-refractivity contribution < 1.29 is 9.59 Å². The minimum absolute atomic E-state index is 0.169. The Morgan fingerprint density at radius 2 is 1.96 bits per heavy atom. The highest BCUT2D eigenvalue weighted by Gasteiger charge is 2.19. The number of carbonyl (C=O) groups is 2. The molecule has 0 spiro atoms. The Morgan fingerprint density at radius 3 is 2.63 bits per heavy atom. The molecule has 0 aromatic heterocycles. The second-order valence-corrected chi connectivity index (χ2v) is 7.26. The van der Waals surface area contributed by atoms with Crippen LogP contribution in [0.3, 0.4) is 0 Å². The average Bonchev–Trinajstić information content (AvgIpc) is 3.05. The number of hydrogen-bond donors (Lipinski definition) is 1. The van der Waals surface area contributed by atoms with Crippen molar-refractivity contribution in [2.45, 2.75) is 39.2 Å². The Kier molecular flexibility index (Phi) is 6.07. The molecule has 2 amide bonds. The molecular formula is C23H26N2O2. The second kappa shape index (κ2) is 8.67. The summed E-state index contributed by atoms with van der Waals surface area (Å²) in [6.45, 7) is 5.73. The van der Waals surface area contributed by atoms with E-state index in [1.54, 1.807) is 6.08 Å². The molecule has 1 aliphatic heterocycles. The van der Waals surface area contributed by atoms with E-state index >= 15 is 0 Å². The van der Waals surface area contributed by atoms with Gasteiger partial charge in [-0.05, 0) is 47.2 Å². The third kappa shape index (κ3) is 5.30. The van der Waals surface area contributed by atoms with Crippen molar-refractivity contribution in [1.82, 2.24) is 4.90 Å². The van der Waals surface area contributed by atoms with E-state index in [9.17, 15) is 9.59 Å². The van der Waals surface area contributed by atoms with Crippen LogP contribution in [0.4, 0.5) is 5.69 Å². The van der Waals surface area contributed by atoms with Gasteiger partial charge >= 0.3 is 0 Å². The van der Waals surface area contributed by atoms with Gasteiger partial charge in [-0.25, -0.2) is 0 Å². The van der Waals surface area contributed by atoms with Gasteiger partial charge in [0.05, 0.1) is 0 Å². The first-order valence-corrected chi connectivity index (χ1v) is 9.47. The number of hydrogen-bond acceptors (Lipinski definition) is 2. The molecule has 0 atom stereocenters. The lowest BCUT2D eigenvalue weighted by atomic mass is 10.0. The van der Waals surface area contributed by atoms with Gasteiger partial charge in [-0.15, -0.1) is 0 Å². The van der Waals surface area contributed by atoms with Crippen molar-refractivity contribution >= 4 is 23.6 Å². The standard InChI is InChI=1S/C23H26N2O2/c1-17(2)20-11-8-18(9-12-20)10-13-22(26)24-21-6-3-5-19(15-21)16-25-14-4-7-23(25)27/h3,5-6,8-13,15,17H,4,7,14,16H2,1-2H3,(H,24,26)/b13-10+. The number of nitrogens with one attached hydrogen (secondary N) is 1. The van der Waals surface area contributed by atoms with Gasteiger partial charge < -0.3 is 10.2 Å². The lowest BCUT2D eigenvalue weighted by Crippen LogP contribution is -2.23. The predicted octanol–water partition coefficient (Wildman–Crippen LogP) is 4.58. The molecule has 0 radical (unpaired) electrons. The Labute approximate surface area is 160 Å². The Morgan fingerprint density at radius 1 is 1.19 bits per heavy atom. The normalized spacial score (nSPS) is 14.3. The Hall–Kier alpha value is -2.88. The van der Waals surface area contributed by atoms with E-state index in [-0.39, 0.29) is 11.8 Å². The quantitative estimate of drug-likeness (QED) is 0.765. The van der Waals surface area contributed by atoms with Gasteiger partial charge in [0.1, 0.15) is 0 Å².